The minimum absolute atomic E-state index is 0.0730. The van der Waals surface area contributed by atoms with Gasteiger partial charge in [0.1, 0.15) is 0 Å². The van der Waals surface area contributed by atoms with Crippen LogP contribution in [0, 0.1) is 24.7 Å². The van der Waals surface area contributed by atoms with E-state index in [2.05, 4.69) is 20.8 Å². The van der Waals surface area contributed by atoms with Gasteiger partial charge in [0, 0.05) is 73.8 Å². The zero-order valence-corrected chi connectivity index (χ0v) is 25.7. The number of aryl methyl sites for hydroxylation is 1. The summed E-state index contributed by atoms with van der Waals surface area (Å²) in [5.74, 6) is 1.20. The highest BCUT2D eigenvalue weighted by Gasteiger charge is 2.41. The second-order valence-electron chi connectivity index (χ2n) is 11.5. The van der Waals surface area contributed by atoms with E-state index < -0.39 is 0 Å². The van der Waals surface area contributed by atoms with E-state index in [0.717, 1.165) is 60.4 Å². The van der Waals surface area contributed by atoms with Crippen molar-refractivity contribution in [2.45, 2.75) is 33.1 Å². The molecule has 3 aliphatic rings. The third kappa shape index (κ3) is 6.39. The van der Waals surface area contributed by atoms with E-state index in [0.29, 0.717) is 49.3 Å². The van der Waals surface area contributed by atoms with E-state index in [1.54, 1.807) is 6.92 Å². The smallest absolute Gasteiger partial charge is 0.255 e. The molecule has 3 heterocycles. The molecule has 3 amide bonds. The highest BCUT2D eigenvalue weighted by molar-refractivity contribution is 9.10. The lowest BCUT2D eigenvalue weighted by Gasteiger charge is -2.34. The summed E-state index contributed by atoms with van der Waals surface area (Å²) in [6.45, 7) is 9.92. The van der Waals surface area contributed by atoms with Crippen LogP contribution in [-0.4, -0.2) is 84.8 Å². The lowest BCUT2D eigenvalue weighted by atomic mass is 9.94. The fraction of sp³-hybridized carbons (Fsp3) is 0.516. The highest BCUT2D eigenvalue weighted by Crippen LogP contribution is 2.33. The molecule has 3 fully saturated rings. The molecule has 2 atom stereocenters. The van der Waals surface area contributed by atoms with Gasteiger partial charge in [-0.1, -0.05) is 29.8 Å². The Morgan fingerprint density at radius 2 is 1.65 bits per heavy atom. The van der Waals surface area contributed by atoms with Gasteiger partial charge in [-0.05, 0) is 90.3 Å². The number of hydrogen-bond donors (Lipinski definition) is 0. The molecular weight excluding hydrogens is 592 g/mol. The van der Waals surface area contributed by atoms with Crippen LogP contribution in [0.4, 0.5) is 5.69 Å². The number of anilines is 1. The fourth-order valence-corrected chi connectivity index (χ4v) is 7.10. The van der Waals surface area contributed by atoms with Crippen molar-refractivity contribution in [2.75, 3.05) is 57.3 Å². The molecule has 0 saturated carbocycles. The van der Waals surface area contributed by atoms with E-state index in [1.165, 1.54) is 0 Å². The summed E-state index contributed by atoms with van der Waals surface area (Å²) in [5.41, 5.74) is 2.56. The first-order valence-electron chi connectivity index (χ1n) is 14.3. The molecule has 2 aromatic carbocycles. The van der Waals surface area contributed by atoms with Crippen molar-refractivity contribution in [3.05, 3.63) is 63.1 Å². The maximum atomic E-state index is 13.7. The van der Waals surface area contributed by atoms with Gasteiger partial charge < -0.3 is 19.6 Å². The number of halogens is 2. The molecule has 3 aliphatic heterocycles. The molecule has 3 saturated heterocycles. The second kappa shape index (κ2) is 12.6. The largest absolute Gasteiger partial charge is 0.343 e. The van der Waals surface area contributed by atoms with Gasteiger partial charge in [-0.25, -0.2) is 0 Å². The standard InChI is InChI=1S/C31H38BrClN4O3/c1-21-8-9-26(16-29(21)33)37(30(39)23-10-14-35(15-11-23)22(2)38)13-5-12-34-17-24-19-36(20-25(24)18-34)31(40)27-6-3-4-7-28(27)32/h3-4,6-9,16,23-25H,5,10-15,17-20H2,1-2H3. The molecule has 2 aromatic rings. The average Bonchev–Trinajstić information content (AvgIpc) is 3.51. The van der Waals surface area contributed by atoms with Crippen molar-refractivity contribution in [3.8, 4) is 0 Å². The maximum absolute atomic E-state index is 13.7. The molecule has 0 radical (unpaired) electrons. The minimum atomic E-state index is -0.0880. The van der Waals surface area contributed by atoms with Crippen molar-refractivity contribution < 1.29 is 14.4 Å². The first kappa shape index (κ1) is 29.1. The van der Waals surface area contributed by atoms with Crippen LogP contribution in [0.2, 0.25) is 5.02 Å². The number of hydrogen-bond acceptors (Lipinski definition) is 4. The molecule has 0 aliphatic carbocycles. The summed E-state index contributed by atoms with van der Waals surface area (Å²) in [6.07, 6.45) is 2.25. The number of carbonyl (C=O) groups is 3. The van der Waals surface area contributed by atoms with Crippen LogP contribution in [0.1, 0.15) is 42.1 Å². The third-order valence-electron chi connectivity index (χ3n) is 8.83. The molecule has 0 bridgehead atoms. The van der Waals surface area contributed by atoms with Gasteiger partial charge in [-0.15, -0.1) is 0 Å². The Balaban J connectivity index is 1.16. The van der Waals surface area contributed by atoms with Crippen molar-refractivity contribution in [1.29, 1.82) is 0 Å². The Hall–Kier alpha value is -2.42. The van der Waals surface area contributed by atoms with Crippen LogP contribution >= 0.6 is 27.5 Å². The monoisotopic (exact) mass is 628 g/mol. The van der Waals surface area contributed by atoms with Crippen molar-refractivity contribution >= 4 is 50.9 Å². The van der Waals surface area contributed by atoms with Crippen LogP contribution in [0.5, 0.6) is 0 Å². The molecule has 2 unspecified atom stereocenters. The van der Waals surface area contributed by atoms with Gasteiger partial charge in [0.2, 0.25) is 11.8 Å². The van der Waals surface area contributed by atoms with Gasteiger partial charge in [-0.3, -0.25) is 14.4 Å². The fourth-order valence-electron chi connectivity index (χ4n) is 6.47. The molecule has 9 heteroatoms. The molecule has 0 aromatic heterocycles. The summed E-state index contributed by atoms with van der Waals surface area (Å²) >= 11 is 9.97. The van der Waals surface area contributed by atoms with Gasteiger partial charge in [0.05, 0.1) is 5.56 Å². The van der Waals surface area contributed by atoms with E-state index in [-0.39, 0.29) is 23.6 Å². The second-order valence-corrected chi connectivity index (χ2v) is 12.8. The summed E-state index contributed by atoms with van der Waals surface area (Å²) in [5, 5.41) is 0.663. The van der Waals surface area contributed by atoms with Crippen LogP contribution in [0.15, 0.2) is 46.9 Å². The van der Waals surface area contributed by atoms with Gasteiger partial charge in [-0.2, -0.15) is 0 Å². The molecule has 7 nitrogen and oxygen atoms in total. The van der Waals surface area contributed by atoms with Crippen molar-refractivity contribution in [2.24, 2.45) is 17.8 Å². The molecule has 40 heavy (non-hydrogen) atoms. The zero-order valence-electron chi connectivity index (χ0n) is 23.3. The normalized spacial score (nSPS) is 21.5. The first-order chi connectivity index (χ1) is 19.2. The zero-order chi connectivity index (χ0) is 28.4. The van der Waals surface area contributed by atoms with Crippen molar-refractivity contribution in [1.82, 2.24) is 14.7 Å². The highest BCUT2D eigenvalue weighted by atomic mass is 79.9. The quantitative estimate of drug-likeness (QED) is 0.428. The number of benzene rings is 2. The van der Waals surface area contributed by atoms with E-state index in [1.807, 2.05) is 64.1 Å². The van der Waals surface area contributed by atoms with Crippen LogP contribution < -0.4 is 4.90 Å². The summed E-state index contributed by atoms with van der Waals surface area (Å²) in [6, 6.07) is 13.5. The average molecular weight is 630 g/mol. The van der Waals surface area contributed by atoms with Gasteiger partial charge in [0.25, 0.3) is 5.91 Å². The Labute approximate surface area is 250 Å². The molecule has 0 spiro atoms. The topological polar surface area (TPSA) is 64.2 Å². The van der Waals surface area contributed by atoms with Crippen LogP contribution in [0.25, 0.3) is 0 Å². The number of nitrogens with zero attached hydrogens (tertiary/aromatic N) is 4. The van der Waals surface area contributed by atoms with E-state index >= 15 is 0 Å². The van der Waals surface area contributed by atoms with Crippen LogP contribution in [0.3, 0.4) is 0 Å². The third-order valence-corrected chi connectivity index (χ3v) is 9.93. The van der Waals surface area contributed by atoms with Crippen LogP contribution in [-0.2, 0) is 9.59 Å². The predicted octanol–water partition coefficient (Wildman–Crippen LogP) is 5.10. The van der Waals surface area contributed by atoms with Gasteiger partial charge in [0.15, 0.2) is 0 Å². The number of amides is 3. The molecule has 214 valence electrons. The number of carbonyl (C=O) groups excluding carboxylic acids is 3. The Morgan fingerprint density at radius 1 is 0.975 bits per heavy atom. The van der Waals surface area contributed by atoms with E-state index in [9.17, 15) is 14.4 Å². The van der Waals surface area contributed by atoms with E-state index in [4.69, 9.17) is 11.6 Å². The number of likely N-dealkylation sites (tertiary alicyclic amines) is 3. The Morgan fingerprint density at radius 3 is 2.27 bits per heavy atom. The van der Waals surface area contributed by atoms with Crippen molar-refractivity contribution in [3.63, 3.8) is 0 Å². The number of piperidine rings is 1. The first-order valence-corrected chi connectivity index (χ1v) is 15.5. The Kier molecular flexibility index (Phi) is 9.18. The minimum Gasteiger partial charge on any atom is -0.343 e. The Bertz CT molecular complexity index is 1250. The predicted molar refractivity (Wildman–Crippen MR) is 162 cm³/mol. The van der Waals surface area contributed by atoms with Gasteiger partial charge >= 0.3 is 0 Å². The lowest BCUT2D eigenvalue weighted by Crippen LogP contribution is -2.44. The summed E-state index contributed by atoms with van der Waals surface area (Å²) in [4.78, 5) is 46.8. The molecule has 0 N–H and O–H groups in total. The maximum Gasteiger partial charge on any atom is 0.255 e. The SMILES string of the molecule is CC(=O)N1CCC(C(=O)N(CCCN2CC3CN(C(=O)c4ccccc4Br)CC3C2)c2ccc(C)c(Cl)c2)CC1. The number of rotatable bonds is 7. The summed E-state index contributed by atoms with van der Waals surface area (Å²) in [7, 11) is 0. The molecule has 5 rings (SSSR count). The lowest BCUT2D eigenvalue weighted by molar-refractivity contribution is -0.133. The molecular formula is C31H38BrClN4O3. The summed E-state index contributed by atoms with van der Waals surface area (Å²) < 4.78 is 0.844. The number of fused-ring (bicyclic) bond motifs is 1.